The highest BCUT2D eigenvalue weighted by atomic mass is 35.5. The molecule has 0 saturated heterocycles. The van der Waals surface area contributed by atoms with Gasteiger partial charge in [-0.05, 0) is 28.7 Å². The maximum Gasteiger partial charge on any atom is 0.105 e. The van der Waals surface area contributed by atoms with Crippen molar-refractivity contribution in [1.82, 2.24) is 14.6 Å². The molecule has 0 bridgehead atoms. The summed E-state index contributed by atoms with van der Waals surface area (Å²) in [4.78, 5) is 5.25. The van der Waals surface area contributed by atoms with Crippen LogP contribution in [0.25, 0.3) is 0 Å². The molecule has 0 aliphatic heterocycles. The summed E-state index contributed by atoms with van der Waals surface area (Å²) in [7, 11) is 0. The number of halogens is 1. The number of fused-ring (bicyclic) bond motifs is 2. The Morgan fingerprint density at radius 3 is 3.36 bits per heavy atom. The highest BCUT2D eigenvalue weighted by Crippen LogP contribution is 2.38. The fourth-order valence-corrected chi connectivity index (χ4v) is 2.81. The molecule has 1 aliphatic rings. The van der Waals surface area contributed by atoms with E-state index < -0.39 is 0 Å². The first-order chi connectivity index (χ1) is 6.86. The Labute approximate surface area is 89.9 Å². The molecule has 0 fully saturated rings. The number of nitrogens with zero attached hydrogens (tertiary/aromatic N) is 3. The molecule has 2 aromatic heterocycles. The topological polar surface area (TPSA) is 38.7 Å². The third-order valence-electron chi connectivity index (χ3n) is 2.40. The summed E-state index contributed by atoms with van der Waals surface area (Å²) < 4.78 is 3.92. The summed E-state index contributed by atoms with van der Waals surface area (Å²) in [6.07, 6.45) is 4.49. The van der Waals surface area contributed by atoms with Crippen LogP contribution in [0.2, 0.25) is 0 Å². The van der Waals surface area contributed by atoms with Crippen molar-refractivity contribution in [2.75, 3.05) is 0 Å². The van der Waals surface area contributed by atoms with Crippen LogP contribution in [0.15, 0.2) is 18.5 Å². The predicted molar refractivity (Wildman–Crippen MR) is 54.6 cm³/mol. The standard InChI is InChI=1S/C9H6ClN3S/c10-8-6-4-11-2-1-5(6)3-7-9(8)12-13-14-7/h1-2,4,8H,3H2. The summed E-state index contributed by atoms with van der Waals surface area (Å²) in [5.74, 6) is 0. The quantitative estimate of drug-likeness (QED) is 0.643. The van der Waals surface area contributed by atoms with Crippen molar-refractivity contribution in [3.63, 3.8) is 0 Å². The highest BCUT2D eigenvalue weighted by molar-refractivity contribution is 7.05. The van der Waals surface area contributed by atoms with E-state index in [1.165, 1.54) is 22.0 Å². The molecule has 0 aromatic carbocycles. The zero-order chi connectivity index (χ0) is 9.54. The molecule has 0 N–H and O–H groups in total. The molecule has 2 aromatic rings. The van der Waals surface area contributed by atoms with E-state index in [0.717, 1.165) is 17.7 Å². The van der Waals surface area contributed by atoms with Gasteiger partial charge < -0.3 is 0 Å². The van der Waals surface area contributed by atoms with Gasteiger partial charge >= 0.3 is 0 Å². The summed E-state index contributed by atoms with van der Waals surface area (Å²) >= 11 is 7.71. The maximum atomic E-state index is 6.28. The van der Waals surface area contributed by atoms with Crippen molar-refractivity contribution in [3.05, 3.63) is 40.2 Å². The molecule has 3 rings (SSSR count). The van der Waals surface area contributed by atoms with E-state index >= 15 is 0 Å². The number of aromatic nitrogens is 3. The molecular formula is C9H6ClN3S. The van der Waals surface area contributed by atoms with Gasteiger partial charge in [0.25, 0.3) is 0 Å². The van der Waals surface area contributed by atoms with Gasteiger partial charge in [0.2, 0.25) is 0 Å². The lowest BCUT2D eigenvalue weighted by Gasteiger charge is -2.17. The van der Waals surface area contributed by atoms with Crippen molar-refractivity contribution in [3.8, 4) is 0 Å². The van der Waals surface area contributed by atoms with Crippen molar-refractivity contribution in [2.45, 2.75) is 11.8 Å². The SMILES string of the molecule is ClC1c2cnccc2Cc2snnc21. The zero-order valence-corrected chi connectivity index (χ0v) is 8.72. The molecule has 1 atom stereocenters. The zero-order valence-electron chi connectivity index (χ0n) is 7.14. The molecule has 70 valence electrons. The molecule has 0 amide bonds. The smallest absolute Gasteiger partial charge is 0.105 e. The molecule has 0 saturated carbocycles. The Balaban J connectivity index is 2.20. The Bertz CT molecular complexity index is 482. The van der Waals surface area contributed by atoms with Crippen LogP contribution in [-0.4, -0.2) is 14.6 Å². The average Bonchev–Trinajstić information content (AvgIpc) is 2.66. The van der Waals surface area contributed by atoms with E-state index in [1.807, 2.05) is 12.3 Å². The van der Waals surface area contributed by atoms with Crippen molar-refractivity contribution in [2.24, 2.45) is 0 Å². The fourth-order valence-electron chi connectivity index (χ4n) is 1.68. The normalized spacial score (nSPS) is 18.8. The van der Waals surface area contributed by atoms with Gasteiger partial charge in [-0.15, -0.1) is 16.7 Å². The van der Waals surface area contributed by atoms with Gasteiger partial charge in [0.05, 0.1) is 4.88 Å². The first-order valence-corrected chi connectivity index (χ1v) is 5.45. The van der Waals surface area contributed by atoms with Gasteiger partial charge in [0.15, 0.2) is 0 Å². The largest absolute Gasteiger partial charge is 0.264 e. The van der Waals surface area contributed by atoms with E-state index in [0.29, 0.717) is 0 Å². The minimum Gasteiger partial charge on any atom is -0.264 e. The van der Waals surface area contributed by atoms with E-state index in [4.69, 9.17) is 11.6 Å². The number of hydrogen-bond acceptors (Lipinski definition) is 4. The van der Waals surface area contributed by atoms with Crippen molar-refractivity contribution < 1.29 is 0 Å². The molecule has 5 heteroatoms. The van der Waals surface area contributed by atoms with Crippen LogP contribution in [0.1, 0.15) is 27.1 Å². The average molecular weight is 224 g/mol. The number of alkyl halides is 1. The molecule has 14 heavy (non-hydrogen) atoms. The van der Waals surface area contributed by atoms with E-state index in [1.54, 1.807) is 6.20 Å². The highest BCUT2D eigenvalue weighted by Gasteiger charge is 2.26. The molecule has 3 nitrogen and oxygen atoms in total. The molecule has 0 radical (unpaired) electrons. The first kappa shape index (κ1) is 8.32. The van der Waals surface area contributed by atoms with Crippen LogP contribution >= 0.6 is 23.1 Å². The summed E-state index contributed by atoms with van der Waals surface area (Å²) in [5.41, 5.74) is 3.20. The Morgan fingerprint density at radius 2 is 2.43 bits per heavy atom. The lowest BCUT2D eigenvalue weighted by atomic mass is 9.95. The van der Waals surface area contributed by atoms with E-state index in [9.17, 15) is 0 Å². The van der Waals surface area contributed by atoms with Gasteiger partial charge in [-0.25, -0.2) is 0 Å². The third kappa shape index (κ3) is 1.07. The third-order valence-corrected chi connectivity index (χ3v) is 3.57. The number of rotatable bonds is 0. The van der Waals surface area contributed by atoms with Gasteiger partial charge in [-0.3, -0.25) is 4.98 Å². The van der Waals surface area contributed by atoms with E-state index in [-0.39, 0.29) is 5.38 Å². The van der Waals surface area contributed by atoms with Crippen LogP contribution in [0.4, 0.5) is 0 Å². The van der Waals surface area contributed by atoms with Crippen LogP contribution in [0, 0.1) is 0 Å². The second-order valence-electron chi connectivity index (χ2n) is 3.20. The second-order valence-corrected chi connectivity index (χ2v) is 4.47. The van der Waals surface area contributed by atoms with Crippen LogP contribution in [0.5, 0.6) is 0 Å². The molecule has 1 unspecified atom stereocenters. The number of hydrogen-bond donors (Lipinski definition) is 0. The van der Waals surface area contributed by atoms with Crippen LogP contribution in [0.3, 0.4) is 0 Å². The molecule has 2 heterocycles. The molecule has 0 spiro atoms. The first-order valence-electron chi connectivity index (χ1n) is 4.24. The van der Waals surface area contributed by atoms with Crippen LogP contribution in [-0.2, 0) is 6.42 Å². The lowest BCUT2D eigenvalue weighted by Crippen LogP contribution is -2.08. The minimum atomic E-state index is -0.179. The predicted octanol–water partition coefficient (Wildman–Crippen LogP) is 2.17. The molecule has 1 aliphatic carbocycles. The summed E-state index contributed by atoms with van der Waals surface area (Å²) in [6.45, 7) is 0. The van der Waals surface area contributed by atoms with Crippen molar-refractivity contribution >= 4 is 23.1 Å². The second kappa shape index (κ2) is 3.00. The number of pyridine rings is 1. The van der Waals surface area contributed by atoms with Crippen molar-refractivity contribution in [1.29, 1.82) is 0 Å². The molecular weight excluding hydrogens is 218 g/mol. The van der Waals surface area contributed by atoms with Gasteiger partial charge in [0.1, 0.15) is 11.1 Å². The van der Waals surface area contributed by atoms with Crippen LogP contribution < -0.4 is 0 Å². The summed E-state index contributed by atoms with van der Waals surface area (Å²) in [5, 5.41) is 3.87. The maximum absolute atomic E-state index is 6.28. The lowest BCUT2D eigenvalue weighted by molar-refractivity contribution is 0.910. The van der Waals surface area contributed by atoms with Gasteiger partial charge in [-0.2, -0.15) is 0 Å². The Hall–Kier alpha value is -1.00. The monoisotopic (exact) mass is 223 g/mol. The minimum absolute atomic E-state index is 0.179. The van der Waals surface area contributed by atoms with Gasteiger partial charge in [-0.1, -0.05) is 4.49 Å². The van der Waals surface area contributed by atoms with Gasteiger partial charge in [0, 0.05) is 18.8 Å². The Kier molecular flexibility index (Phi) is 1.78. The fraction of sp³-hybridized carbons (Fsp3) is 0.222. The summed E-state index contributed by atoms with van der Waals surface area (Å²) in [6, 6.07) is 2.01. The Morgan fingerprint density at radius 1 is 1.50 bits per heavy atom. The van der Waals surface area contributed by atoms with E-state index in [2.05, 4.69) is 14.6 Å².